The molecule has 0 amide bonds. The fraction of sp³-hybridized carbons (Fsp3) is 0.0217. The molecular weight excluding hydrogens is 595 g/mol. The Hall–Kier alpha value is -6.45. The van der Waals surface area contributed by atoms with Crippen molar-refractivity contribution in [3.8, 4) is 16.8 Å². The van der Waals surface area contributed by atoms with Crippen molar-refractivity contribution in [1.82, 2.24) is 9.13 Å². The average molecular weight is 626 g/mol. The average Bonchev–Trinajstić information content (AvgIpc) is 3.86. The first-order valence-electron chi connectivity index (χ1n) is 16.8. The largest absolute Gasteiger partial charge is 0.314 e. The minimum Gasteiger partial charge on any atom is -0.314 e. The van der Waals surface area contributed by atoms with Gasteiger partial charge in [0.2, 0.25) is 0 Å². The van der Waals surface area contributed by atoms with Crippen LogP contribution in [0.4, 0.5) is 0 Å². The summed E-state index contributed by atoms with van der Waals surface area (Å²) in [5.41, 5.74) is 12.8. The van der Waals surface area contributed by atoms with E-state index in [1.807, 2.05) is 0 Å². The van der Waals surface area contributed by atoms with Gasteiger partial charge in [0.05, 0.1) is 27.8 Å². The number of rotatable bonds is 5. The highest BCUT2D eigenvalue weighted by Crippen LogP contribution is 2.43. The smallest absolute Gasteiger partial charge is 0.152 e. The summed E-state index contributed by atoms with van der Waals surface area (Å²) in [6.45, 7) is 0. The molecule has 49 heavy (non-hydrogen) atoms. The van der Waals surface area contributed by atoms with Gasteiger partial charge in [-0.1, -0.05) is 140 Å². The van der Waals surface area contributed by atoms with Crippen molar-refractivity contribution in [3.63, 3.8) is 0 Å². The van der Waals surface area contributed by atoms with E-state index in [1.54, 1.807) is 0 Å². The molecular formula is C46H31N3. The zero-order valence-electron chi connectivity index (χ0n) is 26.7. The van der Waals surface area contributed by atoms with Gasteiger partial charge in [0.15, 0.2) is 6.17 Å². The van der Waals surface area contributed by atoms with Crippen LogP contribution in [0.1, 0.15) is 17.3 Å². The molecule has 3 nitrogen and oxygen atoms in total. The highest BCUT2D eigenvalue weighted by Gasteiger charge is 2.28. The lowest BCUT2D eigenvalue weighted by Crippen LogP contribution is -2.07. The normalized spacial score (nSPS) is 14.6. The Morgan fingerprint density at radius 3 is 1.53 bits per heavy atom. The first-order valence-corrected chi connectivity index (χ1v) is 16.8. The number of aliphatic imine (C=N–C) groups is 1. The number of para-hydroxylation sites is 3. The van der Waals surface area contributed by atoms with Gasteiger partial charge >= 0.3 is 0 Å². The molecule has 1 atom stereocenters. The molecule has 0 aliphatic carbocycles. The van der Waals surface area contributed by atoms with E-state index in [0.717, 1.165) is 17.0 Å². The Morgan fingerprint density at radius 2 is 0.878 bits per heavy atom. The number of fused-ring (bicyclic) bond motifs is 6. The third-order valence-corrected chi connectivity index (χ3v) is 10.0. The maximum atomic E-state index is 5.48. The minimum absolute atomic E-state index is 0.223. The molecule has 0 saturated carbocycles. The third-order valence-electron chi connectivity index (χ3n) is 10.0. The van der Waals surface area contributed by atoms with Crippen LogP contribution >= 0.6 is 0 Å². The number of hydrogen-bond acceptors (Lipinski definition) is 1. The number of hydrogen-bond donors (Lipinski definition) is 0. The molecule has 7 aromatic carbocycles. The Kier molecular flexibility index (Phi) is 6.25. The fourth-order valence-electron chi connectivity index (χ4n) is 7.74. The number of allylic oxidation sites excluding steroid dienone is 1. The van der Waals surface area contributed by atoms with Crippen molar-refractivity contribution >= 4 is 54.9 Å². The van der Waals surface area contributed by atoms with Gasteiger partial charge < -0.3 is 9.13 Å². The van der Waals surface area contributed by atoms with Crippen LogP contribution in [0.25, 0.3) is 66.0 Å². The van der Waals surface area contributed by atoms with Gasteiger partial charge in [0, 0.05) is 32.8 Å². The Bertz CT molecular complexity index is 2690. The maximum Gasteiger partial charge on any atom is 0.152 e. The number of aromatic nitrogens is 2. The zero-order valence-corrected chi connectivity index (χ0v) is 26.7. The lowest BCUT2D eigenvalue weighted by Gasteiger charge is -2.19. The summed E-state index contributed by atoms with van der Waals surface area (Å²) in [5, 5.41) is 4.98. The molecule has 0 bridgehead atoms. The molecule has 3 heteroatoms. The second kappa shape index (κ2) is 11.1. The quantitative estimate of drug-likeness (QED) is 0.182. The summed E-state index contributed by atoms with van der Waals surface area (Å²) < 4.78 is 4.84. The van der Waals surface area contributed by atoms with Crippen LogP contribution in [0.2, 0.25) is 0 Å². The first-order chi connectivity index (χ1) is 24.3. The number of benzene rings is 7. The van der Waals surface area contributed by atoms with E-state index < -0.39 is 0 Å². The summed E-state index contributed by atoms with van der Waals surface area (Å²) in [5.74, 6) is 0. The topological polar surface area (TPSA) is 22.2 Å². The van der Waals surface area contributed by atoms with Crippen molar-refractivity contribution in [2.45, 2.75) is 6.17 Å². The van der Waals surface area contributed by atoms with Crippen molar-refractivity contribution in [2.24, 2.45) is 4.99 Å². The first kappa shape index (κ1) is 27.6. The predicted molar refractivity (Wildman–Crippen MR) is 206 cm³/mol. The van der Waals surface area contributed by atoms with E-state index in [-0.39, 0.29) is 6.17 Å². The molecule has 230 valence electrons. The fourth-order valence-corrected chi connectivity index (χ4v) is 7.74. The molecule has 2 aromatic heterocycles. The van der Waals surface area contributed by atoms with E-state index in [4.69, 9.17) is 4.99 Å². The molecule has 0 fully saturated rings. The van der Waals surface area contributed by atoms with Crippen LogP contribution in [0.5, 0.6) is 0 Å². The summed E-state index contributed by atoms with van der Waals surface area (Å²) in [6, 6.07) is 63.2. The van der Waals surface area contributed by atoms with E-state index in [2.05, 4.69) is 191 Å². The second-order valence-electron chi connectivity index (χ2n) is 12.8. The van der Waals surface area contributed by atoms with Crippen molar-refractivity contribution < 1.29 is 0 Å². The standard InChI is InChI=1S/C46H31N3/c1-3-13-31(14-4-1)32-23-25-33(26-24-32)39-30-41(34-15-5-2-6-16-34)47-46(39)49-44-22-12-9-19-38(44)40-29-35(27-28-45(40)49)48-42-20-10-7-17-36(42)37-18-8-11-21-43(37)48/h1-30,46H/t46-/m0/s1. The Balaban J connectivity index is 1.17. The molecule has 0 radical (unpaired) electrons. The van der Waals surface area contributed by atoms with Gasteiger partial charge in [-0.2, -0.15) is 0 Å². The van der Waals surface area contributed by atoms with Gasteiger partial charge in [0.1, 0.15) is 0 Å². The van der Waals surface area contributed by atoms with E-state index in [1.165, 1.54) is 65.9 Å². The van der Waals surface area contributed by atoms with E-state index >= 15 is 0 Å². The zero-order chi connectivity index (χ0) is 32.3. The highest BCUT2D eigenvalue weighted by molar-refractivity contribution is 6.16. The van der Waals surface area contributed by atoms with Crippen molar-refractivity contribution in [1.29, 1.82) is 0 Å². The second-order valence-corrected chi connectivity index (χ2v) is 12.8. The molecule has 0 spiro atoms. The molecule has 1 aliphatic rings. The maximum absolute atomic E-state index is 5.48. The Labute approximate surface area is 284 Å². The molecule has 1 aliphatic heterocycles. The molecule has 0 N–H and O–H groups in total. The summed E-state index contributed by atoms with van der Waals surface area (Å²) in [4.78, 5) is 5.48. The summed E-state index contributed by atoms with van der Waals surface area (Å²) in [7, 11) is 0. The minimum atomic E-state index is -0.223. The van der Waals surface area contributed by atoms with Crippen LogP contribution in [-0.2, 0) is 0 Å². The number of nitrogens with zero attached hydrogens (tertiary/aromatic N) is 3. The third kappa shape index (κ3) is 4.40. The van der Waals surface area contributed by atoms with E-state index in [9.17, 15) is 0 Å². The molecule has 0 unspecified atom stereocenters. The summed E-state index contributed by atoms with van der Waals surface area (Å²) >= 11 is 0. The van der Waals surface area contributed by atoms with Crippen molar-refractivity contribution in [2.75, 3.05) is 0 Å². The lowest BCUT2D eigenvalue weighted by atomic mass is 9.98. The molecule has 9 aromatic rings. The van der Waals surface area contributed by atoms with Crippen LogP contribution in [0.3, 0.4) is 0 Å². The highest BCUT2D eigenvalue weighted by atomic mass is 15.2. The molecule has 10 rings (SSSR count). The van der Waals surface area contributed by atoms with Crippen LogP contribution in [0.15, 0.2) is 187 Å². The monoisotopic (exact) mass is 625 g/mol. The molecule has 0 saturated heterocycles. The van der Waals surface area contributed by atoms with Gasteiger partial charge in [-0.25, -0.2) is 0 Å². The van der Waals surface area contributed by atoms with E-state index in [0.29, 0.717) is 0 Å². The van der Waals surface area contributed by atoms with Gasteiger partial charge in [-0.3, -0.25) is 4.99 Å². The van der Waals surface area contributed by atoms with Crippen molar-refractivity contribution in [3.05, 3.63) is 193 Å². The Morgan fingerprint density at radius 1 is 0.388 bits per heavy atom. The summed E-state index contributed by atoms with van der Waals surface area (Å²) in [6.07, 6.45) is 2.06. The predicted octanol–water partition coefficient (Wildman–Crippen LogP) is 11.6. The van der Waals surface area contributed by atoms with Crippen LogP contribution in [0, 0.1) is 0 Å². The van der Waals surface area contributed by atoms with Gasteiger partial charge in [-0.15, -0.1) is 0 Å². The SMILES string of the molecule is C1=C(c2ccc(-c3ccccc3)cc2)[C@H](n2c3ccccc3c3cc(-n4c5ccccc5c5ccccc54)ccc32)N=C1c1ccccc1. The van der Waals surface area contributed by atoms with Gasteiger partial charge in [-0.05, 0) is 64.7 Å². The van der Waals surface area contributed by atoms with Crippen LogP contribution in [-0.4, -0.2) is 14.8 Å². The lowest BCUT2D eigenvalue weighted by molar-refractivity contribution is 0.706. The van der Waals surface area contributed by atoms with Crippen LogP contribution < -0.4 is 0 Å². The molecule has 3 heterocycles. The van der Waals surface area contributed by atoms with Gasteiger partial charge in [0.25, 0.3) is 0 Å².